The molecule has 0 unspecified atom stereocenters. The van der Waals surface area contributed by atoms with Crippen LogP contribution in [0.15, 0.2) is 23.3 Å². The molecular formula is C15H15N5O3. The van der Waals surface area contributed by atoms with E-state index in [4.69, 9.17) is 0 Å². The summed E-state index contributed by atoms with van der Waals surface area (Å²) in [5, 5.41) is 14.7. The molecular weight excluding hydrogens is 298 g/mol. The second-order valence-corrected chi connectivity index (χ2v) is 5.72. The van der Waals surface area contributed by atoms with Crippen LogP contribution in [0.1, 0.15) is 16.8 Å². The van der Waals surface area contributed by atoms with E-state index in [1.165, 1.54) is 12.4 Å². The molecule has 0 spiro atoms. The fourth-order valence-corrected chi connectivity index (χ4v) is 3.41. The number of fused-ring (bicyclic) bond motifs is 2. The summed E-state index contributed by atoms with van der Waals surface area (Å²) in [6.07, 6.45) is 2.76. The molecule has 0 amide bonds. The molecule has 118 valence electrons. The van der Waals surface area contributed by atoms with Crippen LogP contribution in [-0.4, -0.2) is 28.0 Å². The molecule has 2 aromatic rings. The first kappa shape index (κ1) is 13.7. The maximum Gasteiger partial charge on any atom is 0.292 e. The molecule has 0 saturated heterocycles. The van der Waals surface area contributed by atoms with Crippen molar-refractivity contribution in [2.45, 2.75) is 19.4 Å². The van der Waals surface area contributed by atoms with Gasteiger partial charge in [0.15, 0.2) is 0 Å². The van der Waals surface area contributed by atoms with Gasteiger partial charge >= 0.3 is 0 Å². The van der Waals surface area contributed by atoms with Crippen LogP contribution < -0.4 is 15.8 Å². The van der Waals surface area contributed by atoms with Crippen LogP contribution in [-0.2, 0) is 19.4 Å². The Morgan fingerprint density at radius 2 is 2.13 bits per heavy atom. The first-order valence-corrected chi connectivity index (χ1v) is 7.49. The largest absolute Gasteiger partial charge is 0.384 e. The average molecular weight is 313 g/mol. The van der Waals surface area contributed by atoms with Gasteiger partial charge < -0.3 is 15.2 Å². The van der Waals surface area contributed by atoms with E-state index in [0.29, 0.717) is 30.8 Å². The highest BCUT2D eigenvalue weighted by atomic mass is 16.6. The zero-order valence-corrected chi connectivity index (χ0v) is 12.3. The zero-order valence-electron chi connectivity index (χ0n) is 12.3. The summed E-state index contributed by atoms with van der Waals surface area (Å²) in [5.74, 6) is 0. The van der Waals surface area contributed by atoms with E-state index in [-0.39, 0.29) is 16.2 Å². The molecule has 0 radical (unpaired) electrons. The van der Waals surface area contributed by atoms with E-state index >= 15 is 0 Å². The maximum atomic E-state index is 12.0. The number of hydrogen-bond acceptors (Lipinski definition) is 6. The molecule has 0 aliphatic carbocycles. The number of nitro benzene ring substituents is 1. The normalized spacial score (nSPS) is 15.7. The fourth-order valence-electron chi connectivity index (χ4n) is 3.41. The number of nitrogens with zero attached hydrogens (tertiary/aromatic N) is 3. The number of benzene rings is 1. The first-order chi connectivity index (χ1) is 11.1. The fraction of sp³-hybridized carbons (Fsp3) is 0.333. The lowest BCUT2D eigenvalue weighted by Gasteiger charge is -2.30. The maximum absolute atomic E-state index is 12.0. The number of rotatable bonds is 2. The lowest BCUT2D eigenvalue weighted by Crippen LogP contribution is -2.36. The van der Waals surface area contributed by atoms with E-state index in [0.717, 1.165) is 29.9 Å². The van der Waals surface area contributed by atoms with Gasteiger partial charge in [0.05, 0.1) is 29.1 Å². The Hall–Kier alpha value is -2.90. The van der Waals surface area contributed by atoms with E-state index < -0.39 is 0 Å². The van der Waals surface area contributed by atoms with Gasteiger partial charge in [0, 0.05) is 36.8 Å². The van der Waals surface area contributed by atoms with E-state index in [9.17, 15) is 14.9 Å². The predicted molar refractivity (Wildman–Crippen MR) is 84.9 cm³/mol. The molecule has 23 heavy (non-hydrogen) atoms. The highest BCUT2D eigenvalue weighted by molar-refractivity contribution is 5.78. The highest BCUT2D eigenvalue weighted by Gasteiger charge is 2.30. The Kier molecular flexibility index (Phi) is 3.03. The van der Waals surface area contributed by atoms with Crippen LogP contribution >= 0.6 is 0 Å². The van der Waals surface area contributed by atoms with Crippen molar-refractivity contribution in [2.75, 3.05) is 23.3 Å². The smallest absolute Gasteiger partial charge is 0.292 e. The number of aromatic amines is 1. The SMILES string of the molecule is O=c1[nH]cnc2c1CN(c1c([N+](=O)[O-])ccc3c1CCN3)CC2. The minimum absolute atomic E-state index is 0.0937. The number of aromatic nitrogens is 2. The number of nitrogens with one attached hydrogen (secondary N) is 2. The highest BCUT2D eigenvalue weighted by Crippen LogP contribution is 2.40. The van der Waals surface area contributed by atoms with Crippen LogP contribution in [0.4, 0.5) is 17.1 Å². The monoisotopic (exact) mass is 313 g/mol. The van der Waals surface area contributed by atoms with E-state index in [2.05, 4.69) is 15.3 Å². The number of hydrogen-bond donors (Lipinski definition) is 2. The Labute approximate surface area is 131 Å². The van der Waals surface area contributed by atoms with Crippen LogP contribution in [0.25, 0.3) is 0 Å². The van der Waals surface area contributed by atoms with Crippen LogP contribution in [0.5, 0.6) is 0 Å². The molecule has 1 aromatic heterocycles. The lowest BCUT2D eigenvalue weighted by molar-refractivity contribution is -0.384. The molecule has 0 fully saturated rings. The average Bonchev–Trinajstić information content (AvgIpc) is 3.02. The number of anilines is 2. The second kappa shape index (κ2) is 5.08. The van der Waals surface area contributed by atoms with Crippen LogP contribution in [0.2, 0.25) is 0 Å². The van der Waals surface area contributed by atoms with Crippen molar-refractivity contribution in [3.8, 4) is 0 Å². The van der Waals surface area contributed by atoms with Gasteiger partial charge in [0.1, 0.15) is 5.69 Å². The first-order valence-electron chi connectivity index (χ1n) is 7.49. The molecule has 3 heterocycles. The van der Waals surface area contributed by atoms with Gasteiger partial charge in [-0.05, 0) is 12.5 Å². The molecule has 2 aliphatic heterocycles. The third-order valence-corrected chi connectivity index (χ3v) is 4.47. The Balaban J connectivity index is 1.83. The van der Waals surface area contributed by atoms with Crippen LogP contribution in [0.3, 0.4) is 0 Å². The molecule has 8 nitrogen and oxygen atoms in total. The minimum atomic E-state index is -0.350. The summed E-state index contributed by atoms with van der Waals surface area (Å²) >= 11 is 0. The molecule has 2 N–H and O–H groups in total. The number of nitro groups is 1. The number of H-pyrrole nitrogens is 1. The summed E-state index contributed by atoms with van der Waals surface area (Å²) < 4.78 is 0. The summed E-state index contributed by atoms with van der Waals surface area (Å²) in [6.45, 7) is 1.73. The van der Waals surface area contributed by atoms with E-state index in [1.54, 1.807) is 6.07 Å². The zero-order chi connectivity index (χ0) is 16.0. The van der Waals surface area contributed by atoms with Gasteiger partial charge in [-0.2, -0.15) is 0 Å². The summed E-state index contributed by atoms with van der Waals surface area (Å²) in [6, 6.07) is 3.30. The van der Waals surface area contributed by atoms with Gasteiger partial charge in [0.25, 0.3) is 11.2 Å². The Morgan fingerprint density at radius 3 is 2.96 bits per heavy atom. The van der Waals surface area contributed by atoms with Gasteiger partial charge in [-0.1, -0.05) is 0 Å². The second-order valence-electron chi connectivity index (χ2n) is 5.72. The lowest BCUT2D eigenvalue weighted by atomic mass is 10.0. The topological polar surface area (TPSA) is 104 Å². The molecule has 0 atom stereocenters. The van der Waals surface area contributed by atoms with Gasteiger partial charge in [-0.15, -0.1) is 0 Å². The molecule has 0 bridgehead atoms. The van der Waals surface area contributed by atoms with Crippen molar-refractivity contribution in [3.05, 3.63) is 55.7 Å². The van der Waals surface area contributed by atoms with Crippen molar-refractivity contribution >= 4 is 17.1 Å². The van der Waals surface area contributed by atoms with Crippen molar-refractivity contribution < 1.29 is 4.92 Å². The van der Waals surface area contributed by atoms with E-state index in [1.807, 2.05) is 4.90 Å². The minimum Gasteiger partial charge on any atom is -0.384 e. The van der Waals surface area contributed by atoms with Gasteiger partial charge in [-0.25, -0.2) is 4.98 Å². The van der Waals surface area contributed by atoms with Gasteiger partial charge in [-0.3, -0.25) is 14.9 Å². The van der Waals surface area contributed by atoms with Crippen molar-refractivity contribution in [2.24, 2.45) is 0 Å². The van der Waals surface area contributed by atoms with Crippen molar-refractivity contribution in [1.82, 2.24) is 9.97 Å². The Bertz CT molecular complexity index is 861. The third kappa shape index (κ3) is 2.14. The predicted octanol–water partition coefficient (Wildman–Crippen LogP) is 1.21. The molecule has 0 saturated carbocycles. The van der Waals surface area contributed by atoms with Gasteiger partial charge in [0.2, 0.25) is 0 Å². The molecule has 2 aliphatic rings. The molecule has 8 heteroatoms. The Morgan fingerprint density at radius 1 is 1.26 bits per heavy atom. The third-order valence-electron chi connectivity index (χ3n) is 4.47. The summed E-state index contributed by atoms with van der Waals surface area (Å²) in [7, 11) is 0. The van der Waals surface area contributed by atoms with Crippen molar-refractivity contribution in [3.63, 3.8) is 0 Å². The summed E-state index contributed by atoms with van der Waals surface area (Å²) in [4.78, 5) is 31.9. The van der Waals surface area contributed by atoms with Crippen LogP contribution in [0, 0.1) is 10.1 Å². The standard InChI is InChI=1S/C15H15N5O3/c21-15-10-7-19(6-4-12(10)17-8-18-15)14-9-3-5-16-11(9)1-2-13(14)20(22)23/h1-2,8,16H,3-7H2,(H,17,18,21). The summed E-state index contributed by atoms with van der Waals surface area (Å²) in [5.41, 5.74) is 3.82. The quantitative estimate of drug-likeness (QED) is 0.638. The molecule has 4 rings (SSSR count). The molecule has 1 aromatic carbocycles. The van der Waals surface area contributed by atoms with Crippen molar-refractivity contribution in [1.29, 1.82) is 0 Å².